The average molecular weight is 642 g/mol. The van der Waals surface area contributed by atoms with E-state index in [-0.39, 0.29) is 43.4 Å². The molecule has 5 rings (SSSR count). The second-order valence-corrected chi connectivity index (χ2v) is 11.1. The molecule has 0 atom stereocenters. The van der Waals surface area contributed by atoms with Gasteiger partial charge in [-0.1, -0.05) is 6.92 Å². The van der Waals surface area contributed by atoms with E-state index >= 15 is 0 Å². The minimum Gasteiger partial charge on any atom is -0.383 e. The van der Waals surface area contributed by atoms with Crippen LogP contribution in [-0.2, 0) is 35.2 Å². The van der Waals surface area contributed by atoms with Crippen LogP contribution in [0.1, 0.15) is 59.8 Å². The van der Waals surface area contributed by atoms with Gasteiger partial charge in [-0.2, -0.15) is 13.2 Å². The number of aromatic nitrogens is 4. The van der Waals surface area contributed by atoms with Crippen molar-refractivity contribution in [1.82, 2.24) is 24.0 Å². The van der Waals surface area contributed by atoms with E-state index in [2.05, 4.69) is 15.0 Å². The van der Waals surface area contributed by atoms with E-state index < -0.39 is 29.0 Å². The smallest absolute Gasteiger partial charge is 0.383 e. The van der Waals surface area contributed by atoms with Crippen LogP contribution in [0.4, 0.5) is 24.8 Å². The molecule has 0 spiro atoms. The van der Waals surface area contributed by atoms with Gasteiger partial charge in [0.05, 0.1) is 30.0 Å². The van der Waals surface area contributed by atoms with Crippen LogP contribution in [0, 0.1) is 0 Å². The van der Waals surface area contributed by atoms with Gasteiger partial charge in [-0.15, -0.1) is 0 Å². The zero-order valence-electron chi connectivity index (χ0n) is 25.5. The molecule has 0 aromatic carbocycles. The molecule has 0 radical (unpaired) electrons. The van der Waals surface area contributed by atoms with Crippen molar-refractivity contribution in [3.63, 3.8) is 0 Å². The quantitative estimate of drug-likeness (QED) is 0.297. The molecule has 0 N–H and O–H groups in total. The number of fused-ring (bicyclic) bond motifs is 1. The highest BCUT2D eigenvalue weighted by atomic mass is 19.4. The first kappa shape index (κ1) is 32.7. The molecule has 3 aromatic heterocycles. The molecule has 2 aliphatic rings. The lowest BCUT2D eigenvalue weighted by atomic mass is 10.1. The molecule has 2 aliphatic heterocycles. The summed E-state index contributed by atoms with van der Waals surface area (Å²) >= 11 is 0. The zero-order valence-corrected chi connectivity index (χ0v) is 25.5. The first-order valence-corrected chi connectivity index (χ1v) is 15.1. The summed E-state index contributed by atoms with van der Waals surface area (Å²) in [6, 6.07) is 5.06. The summed E-state index contributed by atoms with van der Waals surface area (Å²) in [6.07, 6.45) is 0.368. The first-order chi connectivity index (χ1) is 22.0. The van der Waals surface area contributed by atoms with Gasteiger partial charge in [0.2, 0.25) is 5.91 Å². The first-order valence-electron chi connectivity index (χ1n) is 15.1. The largest absolute Gasteiger partial charge is 0.433 e. The minimum atomic E-state index is -4.63. The number of hydrogen-bond donors (Lipinski definition) is 0. The average Bonchev–Trinajstić information content (AvgIpc) is 3.67. The Morgan fingerprint density at radius 2 is 1.83 bits per heavy atom. The SMILES string of the molecule is CCCn1c2c(c(=O)n(CCCN3CCCC3=O)c1=O)CC(c1ccc(N(CCOC)C(=O)c3ccc(C(F)(F)F)nc3)nc1)=N2. The van der Waals surface area contributed by atoms with Crippen LogP contribution in [0.3, 0.4) is 0 Å². The number of aliphatic imine (C=N–C) groups is 1. The molecule has 0 unspecified atom stereocenters. The third kappa shape index (κ3) is 6.78. The Hall–Kier alpha value is -4.66. The van der Waals surface area contributed by atoms with Crippen molar-refractivity contribution >= 4 is 29.2 Å². The van der Waals surface area contributed by atoms with Gasteiger partial charge in [0.1, 0.15) is 17.3 Å². The van der Waals surface area contributed by atoms with Crippen LogP contribution in [0.15, 0.2) is 51.2 Å². The Morgan fingerprint density at radius 3 is 2.43 bits per heavy atom. The van der Waals surface area contributed by atoms with Crippen LogP contribution in [0.2, 0.25) is 0 Å². The number of rotatable bonds is 12. The number of halogens is 3. The lowest BCUT2D eigenvalue weighted by Gasteiger charge is -2.22. The third-order valence-electron chi connectivity index (χ3n) is 7.93. The van der Waals surface area contributed by atoms with Crippen LogP contribution in [0.25, 0.3) is 0 Å². The standard InChI is InChI=1S/C31H34F3N7O5/c1-3-11-40-27-22(29(44)41(30(40)45)14-5-13-38-12-4-6-26(38)42)17-23(37-27)20-8-10-25(36-18-20)39(15-16-46-2)28(43)21-7-9-24(35-19-21)31(32,33)34/h7-10,18-19H,3-6,11-17H2,1-2H3. The summed E-state index contributed by atoms with van der Waals surface area (Å²) in [5, 5.41) is 0. The molecule has 0 saturated carbocycles. The fraction of sp³-hybridized carbons (Fsp3) is 0.452. The molecule has 1 fully saturated rings. The number of ether oxygens (including phenoxy) is 1. The highest BCUT2D eigenvalue weighted by Gasteiger charge is 2.33. The summed E-state index contributed by atoms with van der Waals surface area (Å²) in [5.41, 5.74) is -0.518. The lowest BCUT2D eigenvalue weighted by molar-refractivity contribution is -0.141. The van der Waals surface area contributed by atoms with E-state index in [0.29, 0.717) is 61.6 Å². The summed E-state index contributed by atoms with van der Waals surface area (Å²) in [5.74, 6) is 0.0182. The number of methoxy groups -OCH3 is 1. The van der Waals surface area contributed by atoms with Gasteiger partial charge in [0.15, 0.2) is 0 Å². The van der Waals surface area contributed by atoms with Gasteiger partial charge in [-0.25, -0.2) is 14.8 Å². The Kier molecular flexibility index (Phi) is 9.79. The van der Waals surface area contributed by atoms with E-state index in [1.54, 1.807) is 17.0 Å². The molecule has 244 valence electrons. The Bertz CT molecular complexity index is 1750. The van der Waals surface area contributed by atoms with Crippen LogP contribution < -0.4 is 16.1 Å². The van der Waals surface area contributed by atoms with E-state index in [0.717, 1.165) is 24.8 Å². The Morgan fingerprint density at radius 1 is 1.02 bits per heavy atom. The molecule has 46 heavy (non-hydrogen) atoms. The van der Waals surface area contributed by atoms with Crippen molar-refractivity contribution in [3.8, 4) is 0 Å². The molecule has 15 heteroatoms. The number of alkyl halides is 3. The molecular formula is C31H34F3N7O5. The van der Waals surface area contributed by atoms with Crippen LogP contribution >= 0.6 is 0 Å². The number of pyridine rings is 2. The number of anilines is 1. The molecule has 1 saturated heterocycles. The van der Waals surface area contributed by atoms with Crippen molar-refractivity contribution in [2.45, 2.75) is 58.3 Å². The van der Waals surface area contributed by atoms with Crippen LogP contribution in [-0.4, -0.2) is 74.9 Å². The van der Waals surface area contributed by atoms with Gasteiger partial charge >= 0.3 is 11.9 Å². The van der Waals surface area contributed by atoms with Crippen molar-refractivity contribution in [2.75, 3.05) is 38.3 Å². The summed E-state index contributed by atoms with van der Waals surface area (Å²) < 4.78 is 46.7. The maximum absolute atomic E-state index is 13.5. The summed E-state index contributed by atoms with van der Waals surface area (Å²) in [7, 11) is 1.45. The number of hydrogen-bond acceptors (Lipinski definition) is 8. The maximum atomic E-state index is 13.5. The van der Waals surface area contributed by atoms with E-state index in [4.69, 9.17) is 4.74 Å². The van der Waals surface area contributed by atoms with Crippen molar-refractivity contribution < 1.29 is 27.5 Å². The maximum Gasteiger partial charge on any atom is 0.433 e. The van der Waals surface area contributed by atoms with Crippen molar-refractivity contribution in [1.29, 1.82) is 0 Å². The molecule has 2 amide bonds. The molecule has 0 aliphatic carbocycles. The second-order valence-electron chi connectivity index (χ2n) is 11.1. The molecule has 3 aromatic rings. The van der Waals surface area contributed by atoms with Gasteiger partial charge in [0, 0.05) is 64.1 Å². The fourth-order valence-electron chi connectivity index (χ4n) is 5.57. The summed E-state index contributed by atoms with van der Waals surface area (Å²) in [4.78, 5) is 67.6. The molecule has 0 bridgehead atoms. The fourth-order valence-corrected chi connectivity index (χ4v) is 5.57. The van der Waals surface area contributed by atoms with E-state index in [9.17, 15) is 32.3 Å². The van der Waals surface area contributed by atoms with Crippen molar-refractivity contribution in [3.05, 3.63) is 79.9 Å². The monoisotopic (exact) mass is 641 g/mol. The van der Waals surface area contributed by atoms with Gasteiger partial charge in [0.25, 0.3) is 11.5 Å². The Labute approximate surface area is 262 Å². The normalized spacial score (nSPS) is 14.5. The number of nitrogens with zero attached hydrogens (tertiary/aromatic N) is 7. The number of amides is 2. The predicted octanol–water partition coefficient (Wildman–Crippen LogP) is 3.21. The number of likely N-dealkylation sites (tertiary alicyclic amines) is 1. The molecule has 12 nitrogen and oxygen atoms in total. The number of carbonyl (C=O) groups is 2. The second kappa shape index (κ2) is 13.8. The number of carbonyl (C=O) groups excluding carboxylic acids is 2. The Balaban J connectivity index is 1.37. The zero-order chi connectivity index (χ0) is 33.0. The summed E-state index contributed by atoms with van der Waals surface area (Å²) in [6.45, 7) is 3.86. The topological polar surface area (TPSA) is 132 Å². The van der Waals surface area contributed by atoms with Gasteiger partial charge in [-0.05, 0) is 43.5 Å². The highest BCUT2D eigenvalue weighted by molar-refractivity contribution is 6.07. The highest BCUT2D eigenvalue weighted by Crippen LogP contribution is 2.28. The lowest BCUT2D eigenvalue weighted by Crippen LogP contribution is -2.42. The van der Waals surface area contributed by atoms with Crippen molar-refractivity contribution in [2.24, 2.45) is 4.99 Å². The van der Waals surface area contributed by atoms with Gasteiger partial charge < -0.3 is 9.64 Å². The van der Waals surface area contributed by atoms with Gasteiger partial charge in [-0.3, -0.25) is 33.4 Å². The third-order valence-corrected chi connectivity index (χ3v) is 7.93. The van der Waals surface area contributed by atoms with E-state index in [1.165, 1.54) is 27.3 Å². The molecule has 5 heterocycles. The van der Waals surface area contributed by atoms with E-state index in [1.807, 2.05) is 6.92 Å². The van der Waals surface area contributed by atoms with Crippen LogP contribution in [0.5, 0.6) is 0 Å². The molecular weight excluding hydrogens is 607 g/mol. The predicted molar refractivity (Wildman–Crippen MR) is 163 cm³/mol. The minimum absolute atomic E-state index is 0.0530.